The van der Waals surface area contributed by atoms with Crippen LogP contribution in [0.5, 0.6) is 17.2 Å². The van der Waals surface area contributed by atoms with E-state index in [0.717, 1.165) is 10.0 Å². The minimum Gasteiger partial charge on any atom is -0.497 e. The summed E-state index contributed by atoms with van der Waals surface area (Å²) in [6.07, 6.45) is 0.336. The highest BCUT2D eigenvalue weighted by molar-refractivity contribution is 9.10. The molecule has 0 saturated heterocycles. The number of carbonyl (C=O) groups excluding carboxylic acids is 1. The fourth-order valence-corrected chi connectivity index (χ4v) is 3.54. The monoisotopic (exact) mass is 432 g/mol. The van der Waals surface area contributed by atoms with Gasteiger partial charge in [0.25, 0.3) is 5.91 Å². The Hall–Kier alpha value is -2.45. The summed E-state index contributed by atoms with van der Waals surface area (Å²) >= 11 is 8.80. The summed E-state index contributed by atoms with van der Waals surface area (Å²) in [7, 11) is 1.59. The van der Waals surface area contributed by atoms with Gasteiger partial charge in [0.05, 0.1) is 12.8 Å². The lowest BCUT2D eigenvalue weighted by Gasteiger charge is -2.15. The number of amides is 1. The number of rotatable bonds is 4. The number of anilines is 1. The molecule has 2 heterocycles. The molecule has 0 bridgehead atoms. The molecule has 2 aliphatic rings. The first-order valence-corrected chi connectivity index (χ1v) is 8.95. The van der Waals surface area contributed by atoms with Crippen LogP contribution in [0, 0.1) is 0 Å². The Morgan fingerprint density at radius 2 is 1.92 bits per heavy atom. The fraction of sp³-hybridized carbons (Fsp3) is 0.167. The molecule has 2 aromatic carbocycles. The summed E-state index contributed by atoms with van der Waals surface area (Å²) < 4.78 is 16.7. The van der Waals surface area contributed by atoms with Crippen LogP contribution in [0.3, 0.4) is 0 Å². The van der Waals surface area contributed by atoms with Gasteiger partial charge in [-0.15, -0.1) is 0 Å². The SMILES string of the molecule is COc1ccc(N2C(=O)C(Cc3cc4c(cc3Br)OCO4)=NC2=S)cc1. The van der Waals surface area contributed by atoms with Gasteiger partial charge in [-0.3, -0.25) is 9.69 Å². The summed E-state index contributed by atoms with van der Waals surface area (Å²) in [5, 5.41) is 0.229. The van der Waals surface area contributed by atoms with Crippen LogP contribution in [0.4, 0.5) is 5.69 Å². The van der Waals surface area contributed by atoms with Gasteiger partial charge in [0.15, 0.2) is 11.5 Å². The molecule has 1 amide bonds. The zero-order chi connectivity index (χ0) is 18.3. The van der Waals surface area contributed by atoms with Crippen molar-refractivity contribution in [3.63, 3.8) is 0 Å². The molecule has 0 aliphatic carbocycles. The van der Waals surface area contributed by atoms with Crippen LogP contribution in [0.2, 0.25) is 0 Å². The third-order valence-corrected chi connectivity index (χ3v) is 5.11. The first-order valence-electron chi connectivity index (χ1n) is 7.75. The minimum atomic E-state index is -0.232. The molecule has 0 atom stereocenters. The van der Waals surface area contributed by atoms with Crippen molar-refractivity contribution in [3.8, 4) is 17.2 Å². The van der Waals surface area contributed by atoms with Crippen molar-refractivity contribution in [3.05, 3.63) is 46.4 Å². The van der Waals surface area contributed by atoms with E-state index in [1.165, 1.54) is 4.90 Å². The fourth-order valence-electron chi connectivity index (χ4n) is 2.78. The molecule has 0 saturated carbocycles. The number of methoxy groups -OCH3 is 1. The van der Waals surface area contributed by atoms with E-state index in [2.05, 4.69) is 20.9 Å². The third kappa shape index (κ3) is 2.95. The maximum atomic E-state index is 12.8. The van der Waals surface area contributed by atoms with Crippen LogP contribution in [0.25, 0.3) is 0 Å². The number of halogens is 1. The average molecular weight is 433 g/mol. The Labute approximate surface area is 163 Å². The number of thiocarbonyl (C=S) groups is 1. The second kappa shape index (κ2) is 6.69. The highest BCUT2D eigenvalue weighted by atomic mass is 79.9. The highest BCUT2D eigenvalue weighted by Crippen LogP contribution is 2.37. The Bertz CT molecular complexity index is 943. The second-order valence-electron chi connectivity index (χ2n) is 5.65. The largest absolute Gasteiger partial charge is 0.497 e. The number of carbonyl (C=O) groups is 1. The van der Waals surface area contributed by atoms with E-state index in [4.69, 9.17) is 26.4 Å². The summed E-state index contributed by atoms with van der Waals surface area (Å²) in [5.74, 6) is 1.81. The van der Waals surface area contributed by atoms with Crippen molar-refractivity contribution in [2.45, 2.75) is 6.42 Å². The number of hydrogen-bond donors (Lipinski definition) is 0. The first-order chi connectivity index (χ1) is 12.6. The molecule has 2 aromatic rings. The van der Waals surface area contributed by atoms with E-state index in [-0.39, 0.29) is 17.8 Å². The number of nitrogens with zero attached hydrogens (tertiary/aromatic N) is 2. The molecule has 2 aliphatic heterocycles. The van der Waals surface area contributed by atoms with Crippen LogP contribution in [0.1, 0.15) is 5.56 Å². The van der Waals surface area contributed by atoms with Crippen molar-refractivity contribution in [1.82, 2.24) is 0 Å². The minimum absolute atomic E-state index is 0.195. The molecule has 8 heteroatoms. The first kappa shape index (κ1) is 17.0. The normalized spacial score (nSPS) is 15.5. The molecule has 0 N–H and O–H groups in total. The number of aliphatic imine (C=N–C) groups is 1. The molecule has 0 aromatic heterocycles. The van der Waals surface area contributed by atoms with Gasteiger partial charge in [0.1, 0.15) is 11.5 Å². The van der Waals surface area contributed by atoms with E-state index in [1.807, 2.05) is 12.1 Å². The Balaban J connectivity index is 1.58. The molecule has 0 fully saturated rings. The predicted octanol–water partition coefficient (Wildman–Crippen LogP) is 3.50. The van der Waals surface area contributed by atoms with Gasteiger partial charge in [-0.1, -0.05) is 15.9 Å². The maximum absolute atomic E-state index is 12.8. The van der Waals surface area contributed by atoms with Crippen molar-refractivity contribution in [2.75, 3.05) is 18.8 Å². The number of benzene rings is 2. The summed E-state index contributed by atoms with van der Waals surface area (Å²) in [6, 6.07) is 10.8. The van der Waals surface area contributed by atoms with E-state index in [1.54, 1.807) is 31.4 Å². The van der Waals surface area contributed by atoms with E-state index in [9.17, 15) is 4.79 Å². The molecule has 132 valence electrons. The van der Waals surface area contributed by atoms with Gasteiger partial charge in [0, 0.05) is 10.9 Å². The highest BCUT2D eigenvalue weighted by Gasteiger charge is 2.32. The van der Waals surface area contributed by atoms with Crippen molar-refractivity contribution < 1.29 is 19.0 Å². The summed E-state index contributed by atoms with van der Waals surface area (Å²) in [6.45, 7) is 0.195. The number of hydrogen-bond acceptors (Lipinski definition) is 5. The van der Waals surface area contributed by atoms with Gasteiger partial charge in [-0.25, -0.2) is 4.99 Å². The van der Waals surface area contributed by atoms with Crippen LogP contribution >= 0.6 is 28.1 Å². The molecule has 0 unspecified atom stereocenters. The number of fused-ring (bicyclic) bond motifs is 1. The standard InChI is InChI=1S/C18H13BrN2O4S/c1-23-12-4-2-11(3-5-12)21-17(22)14(20-18(21)26)6-10-7-15-16(8-13(10)19)25-9-24-15/h2-5,7-8H,6,9H2,1H3. The van der Waals surface area contributed by atoms with E-state index >= 15 is 0 Å². The zero-order valence-electron chi connectivity index (χ0n) is 13.7. The van der Waals surface area contributed by atoms with Gasteiger partial charge in [-0.2, -0.15) is 0 Å². The lowest BCUT2D eigenvalue weighted by Crippen LogP contribution is -2.33. The summed E-state index contributed by atoms with van der Waals surface area (Å²) in [5.41, 5.74) is 1.91. The molecule has 26 heavy (non-hydrogen) atoms. The van der Waals surface area contributed by atoms with Gasteiger partial charge in [0.2, 0.25) is 11.9 Å². The Morgan fingerprint density at radius 3 is 2.62 bits per heavy atom. The predicted molar refractivity (Wildman–Crippen MR) is 104 cm³/mol. The summed E-state index contributed by atoms with van der Waals surface area (Å²) in [4.78, 5) is 18.5. The maximum Gasteiger partial charge on any atom is 0.279 e. The van der Waals surface area contributed by atoms with Crippen LogP contribution < -0.4 is 19.1 Å². The molecular weight excluding hydrogens is 420 g/mol. The lowest BCUT2D eigenvalue weighted by molar-refractivity contribution is -0.111. The van der Waals surface area contributed by atoms with Gasteiger partial charge < -0.3 is 14.2 Å². The molecular formula is C18H13BrN2O4S. The van der Waals surface area contributed by atoms with E-state index < -0.39 is 0 Å². The van der Waals surface area contributed by atoms with Crippen LogP contribution in [-0.2, 0) is 11.2 Å². The average Bonchev–Trinajstić information content (AvgIpc) is 3.19. The zero-order valence-corrected chi connectivity index (χ0v) is 16.1. The molecule has 6 nitrogen and oxygen atoms in total. The second-order valence-corrected chi connectivity index (χ2v) is 6.87. The smallest absolute Gasteiger partial charge is 0.279 e. The van der Waals surface area contributed by atoms with Crippen molar-refractivity contribution in [2.24, 2.45) is 4.99 Å². The number of ether oxygens (including phenoxy) is 3. The van der Waals surface area contributed by atoms with Crippen molar-refractivity contribution >= 4 is 50.6 Å². The molecule has 0 radical (unpaired) electrons. The Kier molecular flexibility index (Phi) is 4.37. The topological polar surface area (TPSA) is 60.4 Å². The third-order valence-electron chi connectivity index (χ3n) is 4.10. The van der Waals surface area contributed by atoms with Gasteiger partial charge >= 0.3 is 0 Å². The van der Waals surface area contributed by atoms with E-state index in [0.29, 0.717) is 35.1 Å². The quantitative estimate of drug-likeness (QED) is 0.691. The Morgan fingerprint density at radius 1 is 1.23 bits per heavy atom. The molecule has 0 spiro atoms. The van der Waals surface area contributed by atoms with Gasteiger partial charge in [-0.05, 0) is 54.2 Å². The molecule has 4 rings (SSSR count). The van der Waals surface area contributed by atoms with Crippen LogP contribution in [-0.4, -0.2) is 30.6 Å². The van der Waals surface area contributed by atoms with Crippen LogP contribution in [0.15, 0.2) is 45.9 Å². The van der Waals surface area contributed by atoms with Crippen molar-refractivity contribution in [1.29, 1.82) is 0 Å². The lowest BCUT2D eigenvalue weighted by atomic mass is 10.1.